The third-order valence-electron chi connectivity index (χ3n) is 4.22. The molecule has 0 aliphatic carbocycles. The maximum atomic E-state index is 12.5. The molecule has 0 saturated heterocycles. The molecule has 1 amide bonds. The van der Waals surface area contributed by atoms with Gasteiger partial charge in [0.2, 0.25) is 0 Å². The zero-order valence-electron chi connectivity index (χ0n) is 15.4. The van der Waals surface area contributed by atoms with Crippen molar-refractivity contribution in [2.75, 3.05) is 6.54 Å². The SMILES string of the molecule is CCCCN1C(=O)C(O)=C(C(=O)CC)C1c1cccc(OC(C)C)c1. The van der Waals surface area contributed by atoms with Gasteiger partial charge in [0, 0.05) is 13.0 Å². The Hall–Kier alpha value is -2.30. The van der Waals surface area contributed by atoms with Crippen molar-refractivity contribution in [3.05, 3.63) is 41.2 Å². The van der Waals surface area contributed by atoms with E-state index in [1.54, 1.807) is 11.8 Å². The summed E-state index contributed by atoms with van der Waals surface area (Å²) in [7, 11) is 0. The second kappa shape index (κ2) is 8.19. The molecule has 1 aliphatic rings. The van der Waals surface area contributed by atoms with Crippen LogP contribution in [0.5, 0.6) is 5.75 Å². The molecule has 2 rings (SSSR count). The van der Waals surface area contributed by atoms with Gasteiger partial charge >= 0.3 is 0 Å². The molecule has 1 aromatic rings. The quantitative estimate of drug-likeness (QED) is 0.775. The van der Waals surface area contributed by atoms with Crippen LogP contribution in [0.15, 0.2) is 35.6 Å². The maximum Gasteiger partial charge on any atom is 0.290 e. The molecule has 136 valence electrons. The molecular weight excluding hydrogens is 318 g/mol. The van der Waals surface area contributed by atoms with Gasteiger partial charge in [0.25, 0.3) is 5.91 Å². The standard InChI is InChI=1S/C20H27NO4/c1-5-7-11-21-18(17(16(22)6-2)19(23)20(21)24)14-9-8-10-15(12-14)25-13(3)4/h8-10,12-13,18,23H,5-7,11H2,1-4H3. The van der Waals surface area contributed by atoms with Gasteiger partial charge in [0.15, 0.2) is 11.5 Å². The summed E-state index contributed by atoms with van der Waals surface area (Å²) in [5.74, 6) is -0.399. The number of hydrogen-bond acceptors (Lipinski definition) is 4. The number of unbranched alkanes of at least 4 members (excludes halogenated alkanes) is 1. The van der Waals surface area contributed by atoms with E-state index >= 15 is 0 Å². The molecule has 0 radical (unpaired) electrons. The van der Waals surface area contributed by atoms with Crippen LogP contribution in [0.25, 0.3) is 0 Å². The average Bonchev–Trinajstić information content (AvgIpc) is 2.83. The molecule has 1 aliphatic heterocycles. The molecule has 0 bridgehead atoms. The summed E-state index contributed by atoms with van der Waals surface area (Å²) in [5.41, 5.74) is 0.980. The summed E-state index contributed by atoms with van der Waals surface area (Å²) in [4.78, 5) is 26.5. The van der Waals surface area contributed by atoms with E-state index in [0.717, 1.165) is 18.4 Å². The minimum absolute atomic E-state index is 0.0253. The lowest BCUT2D eigenvalue weighted by Crippen LogP contribution is -2.32. The number of benzene rings is 1. The molecule has 1 atom stereocenters. The van der Waals surface area contributed by atoms with Crippen molar-refractivity contribution in [1.29, 1.82) is 0 Å². The second-order valence-corrected chi connectivity index (χ2v) is 6.53. The van der Waals surface area contributed by atoms with Gasteiger partial charge in [-0.25, -0.2) is 0 Å². The van der Waals surface area contributed by atoms with Gasteiger partial charge < -0.3 is 14.7 Å². The normalized spacial score (nSPS) is 17.6. The first-order valence-corrected chi connectivity index (χ1v) is 8.94. The van der Waals surface area contributed by atoms with Crippen LogP contribution in [0.4, 0.5) is 0 Å². The highest BCUT2D eigenvalue weighted by molar-refractivity contribution is 6.08. The molecular formula is C20H27NO4. The number of ether oxygens (including phenoxy) is 1. The Morgan fingerprint density at radius 1 is 1.32 bits per heavy atom. The van der Waals surface area contributed by atoms with Crippen LogP contribution in [-0.4, -0.2) is 34.3 Å². The number of carbonyl (C=O) groups is 2. The first-order valence-electron chi connectivity index (χ1n) is 8.94. The summed E-state index contributed by atoms with van der Waals surface area (Å²) < 4.78 is 5.74. The first kappa shape index (κ1) is 19.0. The highest BCUT2D eigenvalue weighted by atomic mass is 16.5. The monoisotopic (exact) mass is 345 g/mol. The summed E-state index contributed by atoms with van der Waals surface area (Å²) in [6.45, 7) is 8.16. The number of ketones is 1. The van der Waals surface area contributed by atoms with Crippen molar-refractivity contribution in [2.45, 2.75) is 59.1 Å². The Morgan fingerprint density at radius 2 is 2.04 bits per heavy atom. The van der Waals surface area contributed by atoms with E-state index in [4.69, 9.17) is 4.74 Å². The second-order valence-electron chi connectivity index (χ2n) is 6.53. The summed E-state index contributed by atoms with van der Waals surface area (Å²) >= 11 is 0. The first-order chi connectivity index (χ1) is 11.9. The van der Waals surface area contributed by atoms with E-state index in [2.05, 4.69) is 0 Å². The fourth-order valence-corrected chi connectivity index (χ4v) is 3.06. The summed E-state index contributed by atoms with van der Waals surface area (Å²) in [5, 5.41) is 10.3. The fourth-order valence-electron chi connectivity index (χ4n) is 3.06. The van der Waals surface area contributed by atoms with Crippen LogP contribution in [0.2, 0.25) is 0 Å². The molecule has 1 heterocycles. The molecule has 0 fully saturated rings. The number of aliphatic hydroxyl groups excluding tert-OH is 1. The number of nitrogens with zero attached hydrogens (tertiary/aromatic N) is 1. The van der Waals surface area contributed by atoms with Crippen LogP contribution in [0, 0.1) is 0 Å². The molecule has 0 spiro atoms. The Morgan fingerprint density at radius 3 is 2.64 bits per heavy atom. The van der Waals surface area contributed by atoms with E-state index in [1.807, 2.05) is 45.0 Å². The topological polar surface area (TPSA) is 66.8 Å². The van der Waals surface area contributed by atoms with Gasteiger partial charge in [-0.3, -0.25) is 9.59 Å². The summed E-state index contributed by atoms with van der Waals surface area (Å²) in [6, 6.07) is 6.85. The number of aliphatic hydroxyl groups is 1. The van der Waals surface area contributed by atoms with Crippen molar-refractivity contribution >= 4 is 11.7 Å². The van der Waals surface area contributed by atoms with Crippen LogP contribution in [-0.2, 0) is 9.59 Å². The number of carbonyl (C=O) groups excluding carboxylic acids is 2. The van der Waals surface area contributed by atoms with Crippen LogP contribution < -0.4 is 4.74 Å². The van der Waals surface area contributed by atoms with E-state index in [1.165, 1.54) is 0 Å². The van der Waals surface area contributed by atoms with Gasteiger partial charge in [0.05, 0.1) is 17.7 Å². The van der Waals surface area contributed by atoms with Crippen molar-refractivity contribution < 1.29 is 19.4 Å². The minimum atomic E-state index is -0.554. The largest absolute Gasteiger partial charge is 0.503 e. The molecule has 25 heavy (non-hydrogen) atoms. The molecule has 1 unspecified atom stereocenters. The number of Topliss-reactive ketones (excluding diaryl/α,β-unsaturated/α-hetero) is 1. The predicted molar refractivity (Wildman–Crippen MR) is 96.5 cm³/mol. The van der Waals surface area contributed by atoms with Crippen molar-refractivity contribution in [2.24, 2.45) is 0 Å². The van der Waals surface area contributed by atoms with E-state index in [-0.39, 0.29) is 23.9 Å². The van der Waals surface area contributed by atoms with Gasteiger partial charge in [-0.2, -0.15) is 0 Å². The summed E-state index contributed by atoms with van der Waals surface area (Å²) in [6.07, 6.45) is 2.00. The molecule has 1 N–H and O–H groups in total. The number of rotatable bonds is 8. The molecule has 5 nitrogen and oxygen atoms in total. The van der Waals surface area contributed by atoms with Gasteiger partial charge in [-0.1, -0.05) is 32.4 Å². The van der Waals surface area contributed by atoms with E-state index in [9.17, 15) is 14.7 Å². The smallest absolute Gasteiger partial charge is 0.290 e. The third kappa shape index (κ3) is 4.03. The van der Waals surface area contributed by atoms with Gasteiger partial charge in [-0.15, -0.1) is 0 Å². The highest BCUT2D eigenvalue weighted by Gasteiger charge is 2.42. The van der Waals surface area contributed by atoms with Crippen LogP contribution in [0.3, 0.4) is 0 Å². The Balaban J connectivity index is 2.47. The number of hydrogen-bond donors (Lipinski definition) is 1. The van der Waals surface area contributed by atoms with Crippen molar-refractivity contribution in [1.82, 2.24) is 4.90 Å². The average molecular weight is 345 g/mol. The van der Waals surface area contributed by atoms with E-state index in [0.29, 0.717) is 12.3 Å². The zero-order chi connectivity index (χ0) is 18.6. The molecule has 5 heteroatoms. The van der Waals surface area contributed by atoms with E-state index < -0.39 is 17.7 Å². The zero-order valence-corrected chi connectivity index (χ0v) is 15.4. The predicted octanol–water partition coefficient (Wildman–Crippen LogP) is 3.95. The highest BCUT2D eigenvalue weighted by Crippen LogP contribution is 2.39. The Bertz CT molecular complexity index is 678. The van der Waals surface area contributed by atoms with Crippen molar-refractivity contribution in [3.63, 3.8) is 0 Å². The lowest BCUT2D eigenvalue weighted by molar-refractivity contribution is -0.129. The molecule has 0 aromatic heterocycles. The lowest BCUT2D eigenvalue weighted by atomic mass is 9.95. The fraction of sp³-hybridized carbons (Fsp3) is 0.500. The Labute approximate surface area is 149 Å². The maximum absolute atomic E-state index is 12.5. The van der Waals surface area contributed by atoms with Crippen LogP contribution in [0.1, 0.15) is 58.6 Å². The minimum Gasteiger partial charge on any atom is -0.503 e. The Kier molecular flexibility index (Phi) is 6.23. The number of amides is 1. The van der Waals surface area contributed by atoms with Crippen LogP contribution >= 0.6 is 0 Å². The van der Waals surface area contributed by atoms with Gasteiger partial charge in [-0.05, 0) is 38.0 Å². The molecule has 0 saturated carbocycles. The third-order valence-corrected chi connectivity index (χ3v) is 4.22. The van der Waals surface area contributed by atoms with Gasteiger partial charge in [0.1, 0.15) is 5.75 Å². The van der Waals surface area contributed by atoms with Crippen molar-refractivity contribution in [3.8, 4) is 5.75 Å². The lowest BCUT2D eigenvalue weighted by Gasteiger charge is -2.27. The molecule has 1 aromatic carbocycles.